The zero-order valence-electron chi connectivity index (χ0n) is 7.34. The van der Waals surface area contributed by atoms with Crippen molar-refractivity contribution in [2.24, 2.45) is 0 Å². The molecule has 5 nitrogen and oxygen atoms in total. The van der Waals surface area contributed by atoms with E-state index in [9.17, 15) is 13.2 Å². The first-order chi connectivity index (χ1) is 6.86. The van der Waals surface area contributed by atoms with E-state index in [0.717, 1.165) is 0 Å². The summed E-state index contributed by atoms with van der Waals surface area (Å²) in [6, 6.07) is 3.91. The smallest absolute Gasteiger partial charge is 0.279 e. The molecule has 0 heterocycles. The zero-order valence-corrected chi connectivity index (χ0v) is 8.92. The Hall–Kier alpha value is -1.11. The fourth-order valence-corrected chi connectivity index (χ4v) is 2.05. The molecule has 0 aliphatic heterocycles. The first kappa shape index (κ1) is 12.0. The van der Waals surface area contributed by atoms with Crippen molar-refractivity contribution in [1.29, 1.82) is 0 Å². The van der Waals surface area contributed by atoms with Crippen LogP contribution >= 0.6 is 11.6 Å². The van der Waals surface area contributed by atoms with Crippen LogP contribution in [0.15, 0.2) is 18.2 Å². The predicted molar refractivity (Wildman–Crippen MR) is 55.8 cm³/mol. The van der Waals surface area contributed by atoms with E-state index in [1.165, 1.54) is 24.5 Å². The van der Waals surface area contributed by atoms with Crippen molar-refractivity contribution in [2.75, 3.05) is 5.73 Å². The van der Waals surface area contributed by atoms with Gasteiger partial charge >= 0.3 is 0 Å². The van der Waals surface area contributed by atoms with E-state index in [1.54, 1.807) is 0 Å². The summed E-state index contributed by atoms with van der Waals surface area (Å²) in [4.78, 5) is 10.4. The van der Waals surface area contributed by atoms with Gasteiger partial charge in [0, 0.05) is 10.7 Å². The summed E-state index contributed by atoms with van der Waals surface area (Å²) in [6.07, 6.45) is 1.21. The average Bonchev–Trinajstić information content (AvgIpc) is 2.07. The Balaban J connectivity index is 3.32. The van der Waals surface area contributed by atoms with Gasteiger partial charge in [-0.05, 0) is 17.7 Å². The second-order valence-corrected chi connectivity index (χ2v) is 4.70. The van der Waals surface area contributed by atoms with Gasteiger partial charge in [-0.3, -0.25) is 9.35 Å². The van der Waals surface area contributed by atoms with Crippen molar-refractivity contribution in [3.8, 4) is 0 Å². The maximum atomic E-state index is 10.8. The molecule has 1 aromatic rings. The minimum absolute atomic E-state index is 0.0130. The van der Waals surface area contributed by atoms with Crippen molar-refractivity contribution >= 4 is 33.7 Å². The van der Waals surface area contributed by atoms with Gasteiger partial charge in [-0.15, -0.1) is 0 Å². The van der Waals surface area contributed by atoms with Crippen LogP contribution in [0, 0.1) is 0 Å². The number of rotatable bonds is 3. The second kappa shape index (κ2) is 4.18. The van der Waals surface area contributed by atoms with Gasteiger partial charge in [0.15, 0.2) is 5.25 Å². The van der Waals surface area contributed by atoms with E-state index in [0.29, 0.717) is 5.69 Å². The summed E-state index contributed by atoms with van der Waals surface area (Å²) in [5, 5.41) is -1.81. The number of anilines is 1. The molecule has 1 radical (unpaired) electrons. The van der Waals surface area contributed by atoms with Crippen LogP contribution in [0.4, 0.5) is 5.69 Å². The predicted octanol–water partition coefficient (Wildman–Crippen LogP) is 0.961. The van der Waals surface area contributed by atoms with Gasteiger partial charge in [0.25, 0.3) is 10.1 Å². The quantitative estimate of drug-likeness (QED) is 0.613. The molecule has 0 aromatic heterocycles. The van der Waals surface area contributed by atoms with Gasteiger partial charge in [-0.1, -0.05) is 17.7 Å². The van der Waals surface area contributed by atoms with E-state index in [1.807, 2.05) is 0 Å². The summed E-state index contributed by atoms with van der Waals surface area (Å²) >= 11 is 5.67. The average molecular weight is 249 g/mol. The van der Waals surface area contributed by atoms with Crippen LogP contribution in [-0.4, -0.2) is 19.3 Å². The van der Waals surface area contributed by atoms with Gasteiger partial charge in [-0.25, -0.2) is 0 Å². The molecular weight excluding hydrogens is 242 g/mol. The Labute approximate surface area is 91.6 Å². The van der Waals surface area contributed by atoms with E-state index in [4.69, 9.17) is 21.9 Å². The van der Waals surface area contributed by atoms with Crippen molar-refractivity contribution in [3.05, 3.63) is 28.8 Å². The Morgan fingerprint density at radius 1 is 1.47 bits per heavy atom. The third-order valence-corrected chi connectivity index (χ3v) is 2.99. The molecular formula is C8H7ClNO4S. The third-order valence-electron chi connectivity index (χ3n) is 1.71. The highest BCUT2D eigenvalue weighted by Crippen LogP contribution is 2.28. The number of nitrogen functional groups attached to an aromatic ring is 1. The van der Waals surface area contributed by atoms with Crippen LogP contribution in [0.3, 0.4) is 0 Å². The van der Waals surface area contributed by atoms with Crippen LogP contribution in [0.5, 0.6) is 0 Å². The zero-order chi connectivity index (χ0) is 11.6. The summed E-state index contributed by atoms with van der Waals surface area (Å²) in [7, 11) is -4.55. The lowest BCUT2D eigenvalue weighted by atomic mass is 10.1. The van der Waals surface area contributed by atoms with Gasteiger partial charge in [0.05, 0.1) is 0 Å². The molecule has 1 atom stereocenters. The lowest BCUT2D eigenvalue weighted by molar-refractivity contribution is 0.474. The molecule has 3 N–H and O–H groups in total. The summed E-state index contributed by atoms with van der Waals surface area (Å²) in [5.74, 6) is 0. The van der Waals surface area contributed by atoms with Crippen LogP contribution in [0.1, 0.15) is 10.8 Å². The SMILES string of the molecule is Nc1ccc(C([C]=O)S(=O)(=O)O)c(Cl)c1. The van der Waals surface area contributed by atoms with Crippen LogP contribution < -0.4 is 5.73 Å². The first-order valence-electron chi connectivity index (χ1n) is 3.75. The maximum Gasteiger partial charge on any atom is 0.279 e. The Morgan fingerprint density at radius 2 is 2.07 bits per heavy atom. The number of nitrogens with two attached hydrogens (primary N) is 1. The minimum atomic E-state index is -4.55. The molecule has 1 aromatic carbocycles. The number of carbonyl (C=O) groups excluding carboxylic acids is 1. The Kier molecular flexibility index (Phi) is 3.33. The monoisotopic (exact) mass is 248 g/mol. The summed E-state index contributed by atoms with van der Waals surface area (Å²) in [6.45, 7) is 0. The summed E-state index contributed by atoms with van der Waals surface area (Å²) < 4.78 is 30.4. The molecule has 0 fully saturated rings. The highest BCUT2D eigenvalue weighted by molar-refractivity contribution is 7.86. The standard InChI is InChI=1S/C8H7ClNO4S/c9-7-3-5(10)1-2-6(7)8(4-11)15(12,13)14/h1-3,8H,10H2,(H,12,13,14). The van der Waals surface area contributed by atoms with Gasteiger partial charge in [0.2, 0.25) is 6.29 Å². The van der Waals surface area contributed by atoms with Crippen LogP contribution in [0.2, 0.25) is 5.02 Å². The summed E-state index contributed by atoms with van der Waals surface area (Å²) in [5.41, 5.74) is 5.65. The Morgan fingerprint density at radius 3 is 2.47 bits per heavy atom. The molecule has 15 heavy (non-hydrogen) atoms. The van der Waals surface area contributed by atoms with E-state index < -0.39 is 15.4 Å². The molecule has 81 valence electrons. The number of hydrogen-bond donors (Lipinski definition) is 2. The molecule has 1 unspecified atom stereocenters. The molecule has 0 aliphatic rings. The van der Waals surface area contributed by atoms with Gasteiger partial charge in [-0.2, -0.15) is 8.42 Å². The Bertz CT molecular complexity index is 485. The topological polar surface area (TPSA) is 97.5 Å². The van der Waals surface area contributed by atoms with Crippen molar-refractivity contribution < 1.29 is 17.8 Å². The molecule has 0 saturated carbocycles. The van der Waals surface area contributed by atoms with Crippen molar-refractivity contribution in [2.45, 2.75) is 5.25 Å². The number of halogens is 1. The molecule has 1 rings (SSSR count). The number of hydrogen-bond acceptors (Lipinski definition) is 4. The molecule has 0 spiro atoms. The van der Waals surface area contributed by atoms with E-state index in [2.05, 4.69) is 0 Å². The van der Waals surface area contributed by atoms with E-state index in [-0.39, 0.29) is 10.6 Å². The van der Waals surface area contributed by atoms with Crippen molar-refractivity contribution in [1.82, 2.24) is 0 Å². The largest absolute Gasteiger partial charge is 0.399 e. The van der Waals surface area contributed by atoms with Crippen molar-refractivity contribution in [3.63, 3.8) is 0 Å². The third kappa shape index (κ3) is 2.68. The molecule has 0 bridgehead atoms. The lowest BCUT2D eigenvalue weighted by Crippen LogP contribution is -2.13. The lowest BCUT2D eigenvalue weighted by Gasteiger charge is -2.08. The second-order valence-electron chi connectivity index (χ2n) is 2.79. The fourth-order valence-electron chi connectivity index (χ4n) is 1.04. The molecule has 7 heteroatoms. The van der Waals surface area contributed by atoms with Gasteiger partial charge < -0.3 is 5.73 Å². The first-order valence-corrected chi connectivity index (χ1v) is 5.63. The molecule has 0 aliphatic carbocycles. The molecule has 0 amide bonds. The minimum Gasteiger partial charge on any atom is -0.399 e. The highest BCUT2D eigenvalue weighted by Gasteiger charge is 2.27. The highest BCUT2D eigenvalue weighted by atomic mass is 35.5. The van der Waals surface area contributed by atoms with Crippen LogP contribution in [0.25, 0.3) is 0 Å². The normalized spacial score (nSPS) is 13.5. The van der Waals surface area contributed by atoms with Crippen LogP contribution in [-0.2, 0) is 14.9 Å². The fraction of sp³-hybridized carbons (Fsp3) is 0.125. The van der Waals surface area contributed by atoms with E-state index >= 15 is 0 Å². The number of benzene rings is 1. The van der Waals surface area contributed by atoms with Gasteiger partial charge in [0.1, 0.15) is 0 Å². The molecule has 0 saturated heterocycles. The maximum absolute atomic E-state index is 10.8.